The number of hydrogen-bond acceptors (Lipinski definition) is 7. The van der Waals surface area contributed by atoms with E-state index in [4.69, 9.17) is 14.2 Å². The lowest BCUT2D eigenvalue weighted by Gasteiger charge is -2.13. The molecule has 1 aliphatic heterocycles. The van der Waals surface area contributed by atoms with E-state index < -0.39 is 0 Å². The van der Waals surface area contributed by atoms with Gasteiger partial charge in [-0.25, -0.2) is 0 Å². The number of ether oxygens (including phenoxy) is 3. The number of carbonyl (C=O) groups is 3. The first-order chi connectivity index (χ1) is 14.4. The lowest BCUT2D eigenvalue weighted by Crippen LogP contribution is -2.30. The molecular weight excluding hydrogens is 390 g/mol. The molecule has 1 aliphatic rings. The number of nitrogens with zero attached hydrogens (tertiary/aromatic N) is 1. The molecule has 1 fully saturated rings. The average Bonchev–Trinajstić information content (AvgIpc) is 2.98. The summed E-state index contributed by atoms with van der Waals surface area (Å²) in [4.78, 5) is 37.5. The summed E-state index contributed by atoms with van der Waals surface area (Å²) in [6.07, 6.45) is 5.12. The molecule has 164 valence electrons. The number of esters is 1. The van der Waals surface area contributed by atoms with Crippen LogP contribution in [0.2, 0.25) is 0 Å². The van der Waals surface area contributed by atoms with E-state index in [1.807, 2.05) is 0 Å². The van der Waals surface area contributed by atoms with Crippen LogP contribution in [0.25, 0.3) is 6.08 Å². The third-order valence-corrected chi connectivity index (χ3v) is 4.82. The van der Waals surface area contributed by atoms with Crippen LogP contribution in [-0.4, -0.2) is 55.2 Å². The Balaban J connectivity index is 1.92. The number of carbonyl (C=O) groups excluding carboxylic acids is 3. The van der Waals surface area contributed by atoms with E-state index in [9.17, 15) is 19.5 Å². The number of likely N-dealkylation sites (tertiary alicyclic amines) is 1. The Kier molecular flexibility index (Phi) is 8.70. The van der Waals surface area contributed by atoms with Crippen molar-refractivity contribution in [3.8, 4) is 17.2 Å². The fraction of sp³-hybridized carbons (Fsp3) is 0.500. The van der Waals surface area contributed by atoms with Gasteiger partial charge in [-0.15, -0.1) is 0 Å². The molecule has 1 saturated heterocycles. The van der Waals surface area contributed by atoms with Crippen LogP contribution >= 0.6 is 0 Å². The highest BCUT2D eigenvalue weighted by Gasteiger charge is 2.33. The number of unbranched alkanes of at least 4 members (excludes halogenated alkanes) is 3. The molecule has 1 aromatic carbocycles. The van der Waals surface area contributed by atoms with Crippen LogP contribution in [0.1, 0.15) is 51.0 Å². The number of aromatic hydroxyl groups is 1. The highest BCUT2D eigenvalue weighted by molar-refractivity contribution is 6.15. The maximum absolute atomic E-state index is 12.6. The van der Waals surface area contributed by atoms with Gasteiger partial charge in [0.15, 0.2) is 11.5 Å². The van der Waals surface area contributed by atoms with Crippen LogP contribution in [0.4, 0.5) is 0 Å². The molecule has 2 amide bonds. The molecule has 0 unspecified atom stereocenters. The minimum Gasteiger partial charge on any atom is -0.502 e. The molecule has 0 saturated carbocycles. The summed E-state index contributed by atoms with van der Waals surface area (Å²) in [5.74, 6) is -0.413. The van der Waals surface area contributed by atoms with Crippen molar-refractivity contribution in [3.63, 3.8) is 0 Å². The van der Waals surface area contributed by atoms with Crippen molar-refractivity contribution in [3.05, 3.63) is 23.3 Å². The van der Waals surface area contributed by atoms with Gasteiger partial charge >= 0.3 is 5.97 Å². The second-order valence-corrected chi connectivity index (χ2v) is 6.94. The van der Waals surface area contributed by atoms with E-state index in [-0.39, 0.29) is 41.5 Å². The number of amides is 2. The van der Waals surface area contributed by atoms with Gasteiger partial charge in [-0.2, -0.15) is 0 Å². The lowest BCUT2D eigenvalue weighted by molar-refractivity contribution is -0.143. The van der Waals surface area contributed by atoms with Gasteiger partial charge in [0.2, 0.25) is 11.7 Å². The van der Waals surface area contributed by atoms with Crippen molar-refractivity contribution >= 4 is 23.9 Å². The van der Waals surface area contributed by atoms with Crippen LogP contribution in [0.15, 0.2) is 17.7 Å². The molecule has 0 aromatic heterocycles. The predicted molar refractivity (Wildman–Crippen MR) is 110 cm³/mol. The summed E-state index contributed by atoms with van der Waals surface area (Å²) >= 11 is 0. The quantitative estimate of drug-likeness (QED) is 0.254. The van der Waals surface area contributed by atoms with Gasteiger partial charge in [-0.05, 0) is 43.5 Å². The molecular formula is C22H29NO7. The Labute approximate surface area is 176 Å². The molecule has 0 aliphatic carbocycles. The van der Waals surface area contributed by atoms with E-state index >= 15 is 0 Å². The molecule has 1 aromatic rings. The summed E-state index contributed by atoms with van der Waals surface area (Å²) in [7, 11) is 2.84. The van der Waals surface area contributed by atoms with Gasteiger partial charge in [-0.1, -0.05) is 12.8 Å². The maximum Gasteiger partial charge on any atom is 0.305 e. The zero-order valence-corrected chi connectivity index (χ0v) is 17.7. The zero-order valence-electron chi connectivity index (χ0n) is 17.7. The SMILES string of the molecule is CCOC(=O)CCCCCCN1C(=O)CC(=Cc2cc(OC)c(O)c(OC)c2)C1=O. The number of phenols is 1. The molecule has 0 atom stereocenters. The normalized spacial score (nSPS) is 15.0. The van der Waals surface area contributed by atoms with Crippen molar-refractivity contribution < 1.29 is 33.7 Å². The van der Waals surface area contributed by atoms with E-state index in [2.05, 4.69) is 0 Å². The number of hydrogen-bond donors (Lipinski definition) is 1. The largest absolute Gasteiger partial charge is 0.502 e. The summed E-state index contributed by atoms with van der Waals surface area (Å²) in [5.41, 5.74) is 0.982. The first-order valence-electron chi connectivity index (χ1n) is 10.1. The third-order valence-electron chi connectivity index (χ3n) is 4.82. The predicted octanol–water partition coefficient (Wildman–Crippen LogP) is 3.07. The molecule has 0 bridgehead atoms. The first kappa shape index (κ1) is 23.3. The van der Waals surface area contributed by atoms with Crippen LogP contribution in [0.3, 0.4) is 0 Å². The number of rotatable bonds is 11. The Bertz CT molecular complexity index is 791. The van der Waals surface area contributed by atoms with Crippen LogP contribution in [0, 0.1) is 0 Å². The highest BCUT2D eigenvalue weighted by Crippen LogP contribution is 2.38. The van der Waals surface area contributed by atoms with E-state index in [0.717, 1.165) is 19.3 Å². The van der Waals surface area contributed by atoms with E-state index in [1.54, 1.807) is 25.1 Å². The van der Waals surface area contributed by atoms with E-state index in [1.165, 1.54) is 19.1 Å². The van der Waals surface area contributed by atoms with Gasteiger partial charge in [0, 0.05) is 18.5 Å². The second-order valence-electron chi connectivity index (χ2n) is 6.94. The van der Waals surface area contributed by atoms with Crippen LogP contribution in [0.5, 0.6) is 17.2 Å². The number of imide groups is 1. The molecule has 2 rings (SSSR count). The number of benzene rings is 1. The minimum absolute atomic E-state index is 0.0349. The Morgan fingerprint density at radius 1 is 1.10 bits per heavy atom. The smallest absolute Gasteiger partial charge is 0.305 e. The monoisotopic (exact) mass is 419 g/mol. The van der Waals surface area contributed by atoms with Gasteiger partial charge in [0.05, 0.1) is 27.2 Å². The summed E-state index contributed by atoms with van der Waals surface area (Å²) < 4.78 is 15.1. The fourth-order valence-electron chi connectivity index (χ4n) is 3.28. The molecule has 8 heteroatoms. The van der Waals surface area contributed by atoms with E-state index in [0.29, 0.717) is 37.1 Å². The number of phenolic OH excluding ortho intramolecular Hbond substituents is 1. The Hall–Kier alpha value is -3.03. The van der Waals surface area contributed by atoms with Crippen molar-refractivity contribution in [2.24, 2.45) is 0 Å². The molecule has 30 heavy (non-hydrogen) atoms. The van der Waals surface area contributed by atoms with Crippen molar-refractivity contribution in [1.29, 1.82) is 0 Å². The second kappa shape index (κ2) is 11.2. The van der Waals surface area contributed by atoms with Gasteiger partial charge < -0.3 is 19.3 Å². The Morgan fingerprint density at radius 2 is 1.73 bits per heavy atom. The zero-order chi connectivity index (χ0) is 22.1. The van der Waals surface area contributed by atoms with Gasteiger partial charge in [-0.3, -0.25) is 19.3 Å². The molecule has 1 N–H and O–H groups in total. The van der Waals surface area contributed by atoms with Crippen molar-refractivity contribution in [2.75, 3.05) is 27.4 Å². The molecule has 8 nitrogen and oxygen atoms in total. The first-order valence-corrected chi connectivity index (χ1v) is 10.1. The summed E-state index contributed by atoms with van der Waals surface area (Å²) in [5, 5.41) is 10.0. The minimum atomic E-state index is -0.308. The maximum atomic E-state index is 12.6. The van der Waals surface area contributed by atoms with Crippen molar-refractivity contribution in [2.45, 2.75) is 45.4 Å². The van der Waals surface area contributed by atoms with Crippen LogP contribution in [-0.2, 0) is 19.1 Å². The molecule has 1 heterocycles. The van der Waals surface area contributed by atoms with Gasteiger partial charge in [0.25, 0.3) is 5.91 Å². The average molecular weight is 419 g/mol. The standard InChI is InChI=1S/C22H29NO7/c1-4-30-20(25)9-7-5-6-8-10-23-19(24)14-16(22(23)27)11-15-12-17(28-2)21(26)18(13-15)29-3/h11-13,26H,4-10,14H2,1-3H3. The molecule has 0 radical (unpaired) electrons. The van der Waals surface area contributed by atoms with Crippen molar-refractivity contribution in [1.82, 2.24) is 4.90 Å². The number of methoxy groups -OCH3 is 2. The van der Waals surface area contributed by atoms with Crippen LogP contribution < -0.4 is 9.47 Å². The summed E-state index contributed by atoms with van der Waals surface area (Å²) in [6, 6.07) is 3.16. The highest BCUT2D eigenvalue weighted by atomic mass is 16.5. The third kappa shape index (κ3) is 5.98. The van der Waals surface area contributed by atoms with Gasteiger partial charge in [0.1, 0.15) is 0 Å². The fourth-order valence-corrected chi connectivity index (χ4v) is 3.28. The topological polar surface area (TPSA) is 102 Å². The Morgan fingerprint density at radius 3 is 2.33 bits per heavy atom. The lowest BCUT2D eigenvalue weighted by atomic mass is 10.1. The summed E-state index contributed by atoms with van der Waals surface area (Å²) in [6.45, 7) is 2.52. The molecule has 0 spiro atoms.